The molecule has 3 aliphatic rings. The van der Waals surface area contributed by atoms with Gasteiger partial charge >= 0.3 is 5.97 Å². The number of ether oxygens (including phenoxy) is 1. The minimum Gasteiger partial charge on any atom is -0.463 e. The minimum absolute atomic E-state index is 0.0385. The largest absolute Gasteiger partial charge is 0.463 e. The molecule has 0 bridgehead atoms. The predicted molar refractivity (Wildman–Crippen MR) is 104 cm³/mol. The highest BCUT2D eigenvalue weighted by molar-refractivity contribution is 5.86. The van der Waals surface area contributed by atoms with Gasteiger partial charge in [-0.1, -0.05) is 13.8 Å². The van der Waals surface area contributed by atoms with Crippen LogP contribution in [0.15, 0.2) is 0 Å². The van der Waals surface area contributed by atoms with Crippen molar-refractivity contribution in [1.29, 1.82) is 0 Å². The number of ketones is 2. The number of fused-ring (bicyclic) bond motifs is 3. The fraction of sp³-hybridized carbons (Fsp3) is 0.870. The average molecular weight is 377 g/mol. The minimum atomic E-state index is -0.338. The SMILES string of the molecule is CC(=O)CC[C@]1(C)C(=O)CC[C@H]2C3CC[C@H]([C@H](C)OC(C)=O)[C@@]3(C)CC[C@H]21. The maximum Gasteiger partial charge on any atom is 0.302 e. The van der Waals surface area contributed by atoms with E-state index in [9.17, 15) is 14.4 Å². The standard InChI is InChI=1S/C23H36O4/c1-14(24)10-12-23(5)20-11-13-22(4)18(15(2)27-16(3)25)7-8-19(22)17(20)6-9-21(23)26/h15,17-20H,6-13H2,1-5H3/t15-,17-,18+,19?,20+,22+,23-/m0/s1. The summed E-state index contributed by atoms with van der Waals surface area (Å²) in [4.78, 5) is 35.9. The molecule has 7 atom stereocenters. The predicted octanol–water partition coefficient (Wildman–Crippen LogP) is 4.74. The first-order valence-corrected chi connectivity index (χ1v) is 10.8. The van der Waals surface area contributed by atoms with E-state index in [0.717, 1.165) is 25.7 Å². The Kier molecular flexibility index (Phi) is 5.58. The van der Waals surface area contributed by atoms with E-state index >= 15 is 0 Å². The fourth-order valence-electron chi connectivity index (χ4n) is 7.19. The van der Waals surface area contributed by atoms with Gasteiger partial charge in [0, 0.05) is 31.1 Å². The van der Waals surface area contributed by atoms with E-state index in [0.29, 0.717) is 48.7 Å². The Morgan fingerprint density at radius 1 is 1.11 bits per heavy atom. The van der Waals surface area contributed by atoms with Gasteiger partial charge in [-0.3, -0.25) is 9.59 Å². The van der Waals surface area contributed by atoms with Crippen LogP contribution in [-0.2, 0) is 19.1 Å². The number of esters is 1. The van der Waals surface area contributed by atoms with Crippen LogP contribution in [0.1, 0.15) is 86.0 Å². The average Bonchev–Trinajstić information content (AvgIpc) is 2.93. The molecule has 4 heteroatoms. The smallest absolute Gasteiger partial charge is 0.302 e. The monoisotopic (exact) mass is 376 g/mol. The molecule has 1 unspecified atom stereocenters. The summed E-state index contributed by atoms with van der Waals surface area (Å²) < 4.78 is 5.58. The van der Waals surface area contributed by atoms with Crippen LogP contribution in [0, 0.1) is 34.5 Å². The quantitative estimate of drug-likeness (QED) is 0.651. The van der Waals surface area contributed by atoms with E-state index < -0.39 is 0 Å². The fourth-order valence-corrected chi connectivity index (χ4v) is 7.19. The third kappa shape index (κ3) is 3.49. The van der Waals surface area contributed by atoms with Gasteiger partial charge in [-0.2, -0.15) is 0 Å². The van der Waals surface area contributed by atoms with E-state index in [-0.39, 0.29) is 28.7 Å². The second kappa shape index (κ2) is 7.33. The highest BCUT2D eigenvalue weighted by Gasteiger charge is 2.60. The van der Waals surface area contributed by atoms with Crippen molar-refractivity contribution in [3.05, 3.63) is 0 Å². The van der Waals surface area contributed by atoms with E-state index in [1.165, 1.54) is 13.3 Å². The molecule has 0 N–H and O–H groups in total. The van der Waals surface area contributed by atoms with Crippen molar-refractivity contribution in [2.45, 2.75) is 92.1 Å². The number of Topliss-reactive ketones (excluding diaryl/α,β-unsaturated/α-hetero) is 2. The number of rotatable bonds is 5. The number of hydrogen-bond acceptors (Lipinski definition) is 4. The van der Waals surface area contributed by atoms with Gasteiger partial charge in [-0.05, 0) is 75.5 Å². The Bertz CT molecular complexity index is 626. The molecule has 0 amide bonds. The molecule has 3 aliphatic carbocycles. The highest BCUT2D eigenvalue weighted by Crippen LogP contribution is 2.65. The molecule has 0 aromatic heterocycles. The maximum absolute atomic E-state index is 12.9. The molecule has 27 heavy (non-hydrogen) atoms. The molecular formula is C23H36O4. The van der Waals surface area contributed by atoms with Gasteiger partial charge in [0.25, 0.3) is 0 Å². The first-order chi connectivity index (χ1) is 12.6. The Balaban J connectivity index is 1.82. The van der Waals surface area contributed by atoms with Gasteiger partial charge in [-0.15, -0.1) is 0 Å². The third-order valence-corrected chi connectivity index (χ3v) is 8.59. The lowest BCUT2D eigenvalue weighted by Crippen LogP contribution is -2.53. The summed E-state index contributed by atoms with van der Waals surface area (Å²) in [5, 5.41) is 0. The Labute approximate surface area is 163 Å². The topological polar surface area (TPSA) is 60.4 Å². The molecule has 0 aromatic rings. The van der Waals surface area contributed by atoms with Gasteiger partial charge in [0.2, 0.25) is 0 Å². The summed E-state index contributed by atoms with van der Waals surface area (Å²) in [6, 6.07) is 0. The highest BCUT2D eigenvalue weighted by atomic mass is 16.5. The summed E-state index contributed by atoms with van der Waals surface area (Å²) >= 11 is 0. The van der Waals surface area contributed by atoms with Crippen molar-refractivity contribution >= 4 is 17.5 Å². The normalized spacial score (nSPS) is 42.2. The summed E-state index contributed by atoms with van der Waals surface area (Å²) in [6.45, 7) is 9.70. The van der Waals surface area contributed by atoms with Crippen molar-refractivity contribution in [3.63, 3.8) is 0 Å². The first kappa shape index (κ1) is 20.5. The summed E-state index contributed by atoms with van der Waals surface area (Å²) in [5.74, 6) is 2.34. The van der Waals surface area contributed by atoms with Crippen molar-refractivity contribution in [2.75, 3.05) is 0 Å². The molecule has 0 radical (unpaired) electrons. The van der Waals surface area contributed by atoms with Crippen LogP contribution in [0.4, 0.5) is 0 Å². The zero-order valence-electron chi connectivity index (χ0n) is 17.7. The van der Waals surface area contributed by atoms with Gasteiger partial charge in [-0.25, -0.2) is 0 Å². The second-order valence-corrected chi connectivity index (χ2v) is 10.0. The van der Waals surface area contributed by atoms with Crippen molar-refractivity contribution in [2.24, 2.45) is 34.5 Å². The summed E-state index contributed by atoms with van der Waals surface area (Å²) in [7, 11) is 0. The van der Waals surface area contributed by atoms with Crippen molar-refractivity contribution < 1.29 is 19.1 Å². The lowest BCUT2D eigenvalue weighted by Gasteiger charge is -2.56. The van der Waals surface area contributed by atoms with Crippen molar-refractivity contribution in [3.8, 4) is 0 Å². The first-order valence-electron chi connectivity index (χ1n) is 10.8. The van der Waals surface area contributed by atoms with Gasteiger partial charge < -0.3 is 9.53 Å². The molecule has 0 spiro atoms. The van der Waals surface area contributed by atoms with E-state index in [4.69, 9.17) is 4.74 Å². The van der Waals surface area contributed by atoms with Crippen molar-refractivity contribution in [1.82, 2.24) is 0 Å². The molecule has 0 aromatic carbocycles. The van der Waals surface area contributed by atoms with E-state index in [1.807, 2.05) is 6.92 Å². The molecule has 3 rings (SSSR count). The zero-order chi connectivity index (χ0) is 20.0. The van der Waals surface area contributed by atoms with E-state index in [1.54, 1.807) is 6.92 Å². The summed E-state index contributed by atoms with van der Waals surface area (Å²) in [6.07, 6.45) is 7.27. The van der Waals surface area contributed by atoms with Gasteiger partial charge in [0.05, 0.1) is 0 Å². The number of carbonyl (C=O) groups excluding carboxylic acids is 3. The van der Waals surface area contributed by atoms with Crippen LogP contribution in [-0.4, -0.2) is 23.6 Å². The molecular weight excluding hydrogens is 340 g/mol. The second-order valence-electron chi connectivity index (χ2n) is 10.0. The van der Waals surface area contributed by atoms with Crippen LogP contribution in [0.3, 0.4) is 0 Å². The summed E-state index contributed by atoms with van der Waals surface area (Å²) in [5.41, 5.74) is -0.145. The number of hydrogen-bond donors (Lipinski definition) is 0. The molecule has 3 saturated carbocycles. The van der Waals surface area contributed by atoms with Crippen LogP contribution in [0.2, 0.25) is 0 Å². The van der Waals surface area contributed by atoms with E-state index in [2.05, 4.69) is 13.8 Å². The Hall–Kier alpha value is -1.19. The molecule has 3 fully saturated rings. The Morgan fingerprint density at radius 3 is 2.44 bits per heavy atom. The van der Waals surface area contributed by atoms with Crippen LogP contribution in [0.25, 0.3) is 0 Å². The zero-order valence-corrected chi connectivity index (χ0v) is 17.7. The molecule has 0 saturated heterocycles. The van der Waals surface area contributed by atoms with Crippen LogP contribution >= 0.6 is 0 Å². The lowest BCUT2D eigenvalue weighted by molar-refractivity contribution is -0.156. The van der Waals surface area contributed by atoms with Gasteiger partial charge in [0.15, 0.2) is 0 Å². The molecule has 0 heterocycles. The molecule has 152 valence electrons. The molecule has 0 aliphatic heterocycles. The number of carbonyl (C=O) groups is 3. The molecule has 4 nitrogen and oxygen atoms in total. The Morgan fingerprint density at radius 2 is 1.81 bits per heavy atom. The maximum atomic E-state index is 12.9. The van der Waals surface area contributed by atoms with Crippen LogP contribution in [0.5, 0.6) is 0 Å². The van der Waals surface area contributed by atoms with Crippen LogP contribution < -0.4 is 0 Å². The van der Waals surface area contributed by atoms with Gasteiger partial charge in [0.1, 0.15) is 17.7 Å². The third-order valence-electron chi connectivity index (χ3n) is 8.59. The lowest BCUT2D eigenvalue weighted by atomic mass is 9.48.